The molecule has 3 heterocycles. The molecule has 0 saturated carbocycles. The predicted molar refractivity (Wildman–Crippen MR) is 143 cm³/mol. The van der Waals surface area contributed by atoms with E-state index in [2.05, 4.69) is 21.9 Å². The summed E-state index contributed by atoms with van der Waals surface area (Å²) in [6.07, 6.45) is 4.34. The zero-order valence-electron chi connectivity index (χ0n) is 20.7. The van der Waals surface area contributed by atoms with E-state index in [0.29, 0.717) is 47.7 Å². The molecule has 1 aliphatic heterocycles. The van der Waals surface area contributed by atoms with Crippen molar-refractivity contribution in [3.05, 3.63) is 84.2 Å². The molecule has 1 fully saturated rings. The smallest absolute Gasteiger partial charge is 0.251 e. The van der Waals surface area contributed by atoms with Gasteiger partial charge in [0.25, 0.3) is 5.91 Å². The van der Waals surface area contributed by atoms with E-state index in [-0.39, 0.29) is 17.9 Å². The summed E-state index contributed by atoms with van der Waals surface area (Å²) in [5, 5.41) is 8.63. The fourth-order valence-electron chi connectivity index (χ4n) is 4.80. The van der Waals surface area contributed by atoms with E-state index in [1.54, 1.807) is 4.90 Å². The maximum atomic E-state index is 12.6. The number of aromatic nitrogens is 4. The van der Waals surface area contributed by atoms with Crippen molar-refractivity contribution >= 4 is 28.7 Å². The van der Waals surface area contributed by atoms with Crippen LogP contribution in [-0.2, 0) is 11.3 Å². The van der Waals surface area contributed by atoms with Gasteiger partial charge in [0.05, 0.1) is 11.4 Å². The number of carbonyl (C=O) groups is 2. The first-order valence-corrected chi connectivity index (χ1v) is 12.3. The number of likely N-dealkylation sites (tertiary alicyclic amines) is 1. The highest BCUT2D eigenvalue weighted by atomic mass is 16.2. The summed E-state index contributed by atoms with van der Waals surface area (Å²) in [5.41, 5.74) is 11.2. The summed E-state index contributed by atoms with van der Waals surface area (Å²) in [4.78, 5) is 35.0. The minimum Gasteiger partial charge on any atom is -0.383 e. The Hall–Kier alpha value is -4.53. The number of benzene rings is 2. The number of hydrogen-bond donors (Lipinski definition) is 2. The third-order valence-electron chi connectivity index (χ3n) is 6.88. The molecule has 0 atom stereocenters. The molecule has 0 radical (unpaired) electrons. The molecule has 2 aromatic carbocycles. The van der Waals surface area contributed by atoms with Gasteiger partial charge in [0.2, 0.25) is 5.91 Å². The second-order valence-corrected chi connectivity index (χ2v) is 9.21. The van der Waals surface area contributed by atoms with Gasteiger partial charge in [0, 0.05) is 30.8 Å². The molecule has 2 aromatic heterocycles. The zero-order chi connectivity index (χ0) is 25.9. The topological polar surface area (TPSA) is 119 Å². The number of nitrogens with one attached hydrogen (secondary N) is 1. The first kappa shape index (κ1) is 24.2. The largest absolute Gasteiger partial charge is 0.383 e. The maximum absolute atomic E-state index is 12.6. The van der Waals surface area contributed by atoms with Crippen molar-refractivity contribution in [2.45, 2.75) is 32.4 Å². The first-order chi connectivity index (χ1) is 18.0. The van der Waals surface area contributed by atoms with Gasteiger partial charge in [-0.05, 0) is 43.0 Å². The lowest BCUT2D eigenvalue weighted by molar-refractivity contribution is -0.127. The monoisotopic (exact) mass is 495 g/mol. The van der Waals surface area contributed by atoms with E-state index in [1.807, 2.05) is 60.1 Å². The number of nitrogen functional groups attached to an aromatic ring is 1. The van der Waals surface area contributed by atoms with Crippen molar-refractivity contribution in [1.29, 1.82) is 0 Å². The van der Waals surface area contributed by atoms with Crippen molar-refractivity contribution in [3.8, 4) is 11.3 Å². The predicted octanol–water partition coefficient (Wildman–Crippen LogP) is 3.66. The number of hydrogen-bond acceptors (Lipinski definition) is 6. The SMILES string of the molecule is C=CC(=O)N1CCC(n2nc(-c3ccc(CNC(=O)c4ccccc4C)cc3)c3c(N)ncnc32)CC1. The van der Waals surface area contributed by atoms with Gasteiger partial charge in [-0.1, -0.05) is 49.0 Å². The van der Waals surface area contributed by atoms with Crippen LogP contribution in [0, 0.1) is 6.92 Å². The lowest BCUT2D eigenvalue weighted by Crippen LogP contribution is -2.38. The molecule has 0 bridgehead atoms. The van der Waals surface area contributed by atoms with Gasteiger partial charge in [-0.3, -0.25) is 9.59 Å². The second-order valence-electron chi connectivity index (χ2n) is 9.21. The molecule has 3 N–H and O–H groups in total. The van der Waals surface area contributed by atoms with Crippen LogP contribution in [0.4, 0.5) is 5.82 Å². The second kappa shape index (κ2) is 10.2. The maximum Gasteiger partial charge on any atom is 0.251 e. The Morgan fingerprint density at radius 3 is 2.54 bits per heavy atom. The minimum atomic E-state index is -0.0994. The molecule has 0 aliphatic carbocycles. The van der Waals surface area contributed by atoms with Gasteiger partial charge in [0.1, 0.15) is 17.8 Å². The Morgan fingerprint density at radius 2 is 1.84 bits per heavy atom. The van der Waals surface area contributed by atoms with E-state index in [1.165, 1.54) is 12.4 Å². The molecule has 0 spiro atoms. The molecule has 9 nitrogen and oxygen atoms in total. The van der Waals surface area contributed by atoms with Crippen molar-refractivity contribution < 1.29 is 9.59 Å². The summed E-state index contributed by atoms with van der Waals surface area (Å²) >= 11 is 0. The fraction of sp³-hybridized carbons (Fsp3) is 0.250. The lowest BCUT2D eigenvalue weighted by atomic mass is 10.0. The third kappa shape index (κ3) is 4.80. The van der Waals surface area contributed by atoms with Crippen molar-refractivity contribution in [1.82, 2.24) is 30.0 Å². The summed E-state index contributed by atoms with van der Waals surface area (Å²) < 4.78 is 1.93. The van der Waals surface area contributed by atoms with Crippen LogP contribution < -0.4 is 11.1 Å². The van der Waals surface area contributed by atoms with Gasteiger partial charge < -0.3 is 16.0 Å². The van der Waals surface area contributed by atoms with Crippen LogP contribution in [0.1, 0.15) is 40.4 Å². The number of anilines is 1. The Balaban J connectivity index is 1.37. The molecule has 5 rings (SSSR count). The molecule has 37 heavy (non-hydrogen) atoms. The molecular weight excluding hydrogens is 466 g/mol. The molecule has 0 unspecified atom stereocenters. The van der Waals surface area contributed by atoms with Crippen LogP contribution in [0.5, 0.6) is 0 Å². The Labute approximate surface area is 215 Å². The molecular formula is C28H29N7O2. The molecule has 1 aliphatic rings. The van der Waals surface area contributed by atoms with Crippen LogP contribution in [0.3, 0.4) is 0 Å². The number of nitrogens with zero attached hydrogens (tertiary/aromatic N) is 5. The molecule has 4 aromatic rings. The number of aryl methyl sites for hydroxylation is 1. The van der Waals surface area contributed by atoms with E-state index in [4.69, 9.17) is 10.8 Å². The average molecular weight is 496 g/mol. The Morgan fingerprint density at radius 1 is 1.11 bits per heavy atom. The van der Waals surface area contributed by atoms with Gasteiger partial charge in [-0.15, -0.1) is 0 Å². The number of piperidine rings is 1. The van der Waals surface area contributed by atoms with Gasteiger partial charge in [-0.25, -0.2) is 14.6 Å². The van der Waals surface area contributed by atoms with Crippen molar-refractivity contribution in [2.24, 2.45) is 0 Å². The summed E-state index contributed by atoms with van der Waals surface area (Å²) in [5.74, 6) is 0.226. The quantitative estimate of drug-likeness (QED) is 0.394. The molecule has 2 amide bonds. The first-order valence-electron chi connectivity index (χ1n) is 12.3. The van der Waals surface area contributed by atoms with E-state index in [9.17, 15) is 9.59 Å². The molecule has 1 saturated heterocycles. The lowest BCUT2D eigenvalue weighted by Gasteiger charge is -2.31. The third-order valence-corrected chi connectivity index (χ3v) is 6.88. The Kier molecular flexibility index (Phi) is 6.68. The summed E-state index contributed by atoms with van der Waals surface area (Å²) in [6.45, 7) is 7.19. The van der Waals surface area contributed by atoms with E-state index >= 15 is 0 Å². The fourth-order valence-corrected chi connectivity index (χ4v) is 4.80. The number of nitrogens with two attached hydrogens (primary N) is 1. The van der Waals surface area contributed by atoms with Crippen LogP contribution in [-0.4, -0.2) is 49.6 Å². The number of fused-ring (bicyclic) bond motifs is 1. The highest BCUT2D eigenvalue weighted by Gasteiger charge is 2.27. The minimum absolute atomic E-state index is 0.0498. The average Bonchev–Trinajstić information content (AvgIpc) is 3.33. The normalized spacial score (nSPS) is 14.0. The number of carbonyl (C=O) groups excluding carboxylic acids is 2. The van der Waals surface area contributed by atoms with Gasteiger partial charge in [-0.2, -0.15) is 5.10 Å². The zero-order valence-corrected chi connectivity index (χ0v) is 20.7. The van der Waals surface area contributed by atoms with Crippen molar-refractivity contribution in [2.75, 3.05) is 18.8 Å². The Bertz CT molecular complexity index is 1470. The highest BCUT2D eigenvalue weighted by Crippen LogP contribution is 2.34. The summed E-state index contributed by atoms with van der Waals surface area (Å²) in [7, 11) is 0. The molecule has 188 valence electrons. The van der Waals surface area contributed by atoms with E-state index in [0.717, 1.165) is 29.5 Å². The van der Waals surface area contributed by atoms with E-state index < -0.39 is 0 Å². The number of rotatable bonds is 6. The highest BCUT2D eigenvalue weighted by molar-refractivity contribution is 5.98. The van der Waals surface area contributed by atoms with Crippen LogP contribution in [0.2, 0.25) is 0 Å². The standard InChI is InChI=1S/C28H29N7O2/c1-3-23(36)34-14-12-21(13-15-34)35-27-24(26(29)31-17-32-27)25(33-35)20-10-8-19(9-11-20)16-30-28(37)22-7-5-4-6-18(22)2/h3-11,17,21H,1,12-16H2,2H3,(H,30,37)(H2,29,31,32). The van der Waals surface area contributed by atoms with Gasteiger partial charge >= 0.3 is 0 Å². The van der Waals surface area contributed by atoms with Crippen LogP contribution in [0.15, 0.2) is 67.5 Å². The van der Waals surface area contributed by atoms with Crippen LogP contribution in [0.25, 0.3) is 22.3 Å². The van der Waals surface area contributed by atoms with Crippen LogP contribution >= 0.6 is 0 Å². The van der Waals surface area contributed by atoms with Gasteiger partial charge in [0.15, 0.2) is 5.65 Å². The van der Waals surface area contributed by atoms with Crippen molar-refractivity contribution in [3.63, 3.8) is 0 Å². The molecule has 9 heteroatoms. The summed E-state index contributed by atoms with van der Waals surface area (Å²) in [6, 6.07) is 15.5. The number of amides is 2.